The lowest BCUT2D eigenvalue weighted by atomic mass is 9.88. The normalized spacial score (nSPS) is 26.5. The summed E-state index contributed by atoms with van der Waals surface area (Å²) in [5.74, 6) is 1.04. The van der Waals surface area contributed by atoms with Crippen LogP contribution in [0.25, 0.3) is 0 Å². The van der Waals surface area contributed by atoms with Crippen LogP contribution in [0.4, 0.5) is 5.69 Å². The van der Waals surface area contributed by atoms with Gasteiger partial charge in [0.2, 0.25) is 0 Å². The van der Waals surface area contributed by atoms with Gasteiger partial charge in [-0.3, -0.25) is 4.79 Å². The van der Waals surface area contributed by atoms with Crippen LogP contribution in [0.15, 0.2) is 77.9 Å². The number of ether oxygens (including phenoxy) is 6. The zero-order valence-electron chi connectivity index (χ0n) is 34.4. The third-order valence-electron chi connectivity index (χ3n) is 10.4. The molecule has 53 heavy (non-hydrogen) atoms. The van der Waals surface area contributed by atoms with Gasteiger partial charge in [0.15, 0.2) is 19.8 Å². The molecule has 0 unspecified atom stereocenters. The van der Waals surface area contributed by atoms with Crippen molar-refractivity contribution < 1.29 is 37.6 Å². The molecule has 0 radical (unpaired) electrons. The molecule has 1 aliphatic heterocycles. The number of amides is 1. The number of carbonyl (C=O) groups is 1. The summed E-state index contributed by atoms with van der Waals surface area (Å²) in [6, 6.07) is 13.8. The van der Waals surface area contributed by atoms with E-state index in [0.29, 0.717) is 42.2 Å². The van der Waals surface area contributed by atoms with Crippen LogP contribution in [-0.2, 0) is 41.2 Å². The van der Waals surface area contributed by atoms with Gasteiger partial charge < -0.3 is 38.2 Å². The van der Waals surface area contributed by atoms with Gasteiger partial charge in [0, 0.05) is 50.1 Å². The Bertz CT molecular complexity index is 1550. The first-order valence-electron chi connectivity index (χ1n) is 18.6. The maximum atomic E-state index is 13.6. The predicted molar refractivity (Wildman–Crippen MR) is 216 cm³/mol. The predicted octanol–water partition coefficient (Wildman–Crippen LogP) is 9.29. The van der Waals surface area contributed by atoms with E-state index in [0.717, 1.165) is 16.7 Å². The SMILES string of the molecule is COCO[C@H]1[C@@H](OC)C[C@H](C)Cc2cc(cc(OCc3ccccc3)c2OC)NC(=O)/C(C)=C/C=C\[C@H](OC)[C@@H](O[Si](C)(C)C(C)(C)C)/C(C)=C/[C@@H]1C. The van der Waals surface area contributed by atoms with Gasteiger partial charge >= 0.3 is 0 Å². The van der Waals surface area contributed by atoms with Crippen molar-refractivity contribution in [1.82, 2.24) is 0 Å². The number of nitrogens with one attached hydrogen (secondary N) is 1. The lowest BCUT2D eigenvalue weighted by Crippen LogP contribution is -2.47. The van der Waals surface area contributed by atoms with Crippen LogP contribution in [0.2, 0.25) is 18.1 Å². The number of methoxy groups -OCH3 is 4. The van der Waals surface area contributed by atoms with Gasteiger partial charge in [0.1, 0.15) is 19.5 Å². The Morgan fingerprint density at radius 1 is 0.962 bits per heavy atom. The van der Waals surface area contributed by atoms with Crippen molar-refractivity contribution in [3.05, 3.63) is 89.0 Å². The topological polar surface area (TPSA) is 93.7 Å². The summed E-state index contributed by atoms with van der Waals surface area (Å²) in [6.45, 7) is 19.9. The van der Waals surface area contributed by atoms with Gasteiger partial charge in [0.25, 0.3) is 5.91 Å². The summed E-state index contributed by atoms with van der Waals surface area (Å²) < 4.78 is 43.5. The summed E-state index contributed by atoms with van der Waals surface area (Å²) in [5.41, 5.74) is 4.13. The van der Waals surface area contributed by atoms with Crippen molar-refractivity contribution in [3.8, 4) is 11.5 Å². The van der Waals surface area contributed by atoms with Crippen LogP contribution in [-0.4, -0.2) is 73.9 Å². The molecule has 0 saturated heterocycles. The van der Waals surface area contributed by atoms with Crippen LogP contribution < -0.4 is 14.8 Å². The van der Waals surface area contributed by atoms with Crippen molar-refractivity contribution in [1.29, 1.82) is 0 Å². The molecular formula is C43H65NO8Si. The number of hydrogen-bond acceptors (Lipinski definition) is 8. The summed E-state index contributed by atoms with van der Waals surface area (Å²) >= 11 is 0. The van der Waals surface area contributed by atoms with Gasteiger partial charge in [-0.15, -0.1) is 0 Å². The Kier molecular flexibility index (Phi) is 17.0. The third-order valence-corrected chi connectivity index (χ3v) is 14.8. The summed E-state index contributed by atoms with van der Waals surface area (Å²) in [4.78, 5) is 13.6. The monoisotopic (exact) mass is 751 g/mol. The Hall–Kier alpha value is -3.25. The molecule has 1 N–H and O–H groups in total. The standard InChI is InChI=1S/C43H65NO8Si/c1-29-22-34-25-35(26-38(41(34)49-11)50-27-33-19-15-14-16-20-33)44-42(45)30(2)18-17-21-36(47-9)40(52-53(12,13)43(5,6)7)32(4)24-31(3)39(51-28-46-8)37(23-29)48-10/h14-21,24-26,29,31,36-37,39-40H,22-23,27-28H2,1-13H3,(H,44,45)/b21-17-,30-18+,32-24+/t29-,31+,36+,37+,39-,40+/m1/s1. The Labute approximate surface area is 320 Å². The van der Waals surface area contributed by atoms with Gasteiger partial charge in [-0.05, 0) is 67.9 Å². The van der Waals surface area contributed by atoms with E-state index in [-0.39, 0.29) is 47.9 Å². The molecule has 1 amide bonds. The number of fused-ring (bicyclic) bond motifs is 2. The van der Waals surface area contributed by atoms with E-state index in [9.17, 15) is 4.79 Å². The molecule has 9 nitrogen and oxygen atoms in total. The average molecular weight is 752 g/mol. The Balaban J connectivity index is 2.17. The molecule has 0 aliphatic carbocycles. The van der Waals surface area contributed by atoms with Gasteiger partial charge in [-0.1, -0.05) is 89.3 Å². The second kappa shape index (κ2) is 20.4. The van der Waals surface area contributed by atoms with Gasteiger partial charge in [-0.2, -0.15) is 0 Å². The van der Waals surface area contributed by atoms with Crippen LogP contribution in [0.3, 0.4) is 0 Å². The molecule has 0 aromatic heterocycles. The fourth-order valence-electron chi connectivity index (χ4n) is 6.36. The first kappa shape index (κ1) is 44.1. The smallest absolute Gasteiger partial charge is 0.251 e. The van der Waals surface area contributed by atoms with E-state index in [4.69, 9.17) is 32.8 Å². The zero-order chi connectivity index (χ0) is 39.3. The fourth-order valence-corrected chi connectivity index (χ4v) is 7.67. The maximum absolute atomic E-state index is 13.6. The van der Waals surface area contributed by atoms with E-state index in [1.54, 1.807) is 41.4 Å². The minimum absolute atomic E-state index is 0.0206. The Morgan fingerprint density at radius 2 is 1.66 bits per heavy atom. The van der Waals surface area contributed by atoms with Crippen LogP contribution in [0, 0.1) is 11.8 Å². The minimum atomic E-state index is -2.25. The van der Waals surface area contributed by atoms with Crippen molar-refractivity contribution in [2.75, 3.05) is 40.5 Å². The number of hydrogen-bond donors (Lipinski definition) is 1. The summed E-state index contributed by atoms with van der Waals surface area (Å²) in [7, 11) is 4.46. The van der Waals surface area contributed by atoms with E-state index >= 15 is 0 Å². The minimum Gasteiger partial charge on any atom is -0.493 e. The van der Waals surface area contributed by atoms with Gasteiger partial charge in [-0.25, -0.2) is 0 Å². The van der Waals surface area contributed by atoms with Crippen LogP contribution in [0.5, 0.6) is 11.5 Å². The molecule has 6 atom stereocenters. The first-order chi connectivity index (χ1) is 25.0. The molecule has 2 aromatic carbocycles. The van der Waals surface area contributed by atoms with Crippen molar-refractivity contribution in [2.24, 2.45) is 11.8 Å². The molecule has 1 heterocycles. The van der Waals surface area contributed by atoms with Crippen molar-refractivity contribution in [3.63, 3.8) is 0 Å². The molecule has 3 rings (SSSR count). The lowest BCUT2D eigenvalue weighted by Gasteiger charge is -2.41. The number of benzene rings is 2. The molecule has 0 spiro atoms. The molecule has 10 heteroatoms. The third kappa shape index (κ3) is 12.7. The van der Waals surface area contributed by atoms with E-state index in [2.05, 4.69) is 66.0 Å². The van der Waals surface area contributed by atoms with Gasteiger partial charge in [0.05, 0.1) is 25.4 Å². The van der Waals surface area contributed by atoms with Crippen LogP contribution in [0.1, 0.15) is 66.0 Å². The molecule has 2 bridgehead atoms. The largest absolute Gasteiger partial charge is 0.493 e. The summed E-state index contributed by atoms with van der Waals surface area (Å²) in [6.07, 6.45) is 7.85. The highest BCUT2D eigenvalue weighted by Crippen LogP contribution is 2.40. The molecule has 0 saturated carbocycles. The molecule has 2 aromatic rings. The highest BCUT2D eigenvalue weighted by molar-refractivity contribution is 6.74. The molecule has 0 fully saturated rings. The highest BCUT2D eigenvalue weighted by Gasteiger charge is 2.41. The van der Waals surface area contributed by atoms with E-state index in [1.807, 2.05) is 54.6 Å². The zero-order valence-corrected chi connectivity index (χ0v) is 35.4. The van der Waals surface area contributed by atoms with Crippen LogP contribution >= 0.6 is 0 Å². The molecule has 1 aliphatic rings. The number of allylic oxidation sites excluding steroid dienone is 2. The van der Waals surface area contributed by atoms with Crippen molar-refractivity contribution >= 4 is 19.9 Å². The second-order valence-electron chi connectivity index (χ2n) is 15.8. The van der Waals surface area contributed by atoms with Crippen molar-refractivity contribution in [2.45, 2.75) is 110 Å². The molecule has 294 valence electrons. The number of carbonyl (C=O) groups excluding carboxylic acids is 1. The fraction of sp³-hybridized carbons (Fsp3) is 0.558. The van der Waals surface area contributed by atoms with E-state index in [1.165, 1.54) is 0 Å². The highest BCUT2D eigenvalue weighted by atomic mass is 28.4. The maximum Gasteiger partial charge on any atom is 0.251 e. The van der Waals surface area contributed by atoms with E-state index < -0.39 is 14.4 Å². The second-order valence-corrected chi connectivity index (χ2v) is 20.5. The Morgan fingerprint density at radius 3 is 2.26 bits per heavy atom. The quantitative estimate of drug-likeness (QED) is 0.138. The number of anilines is 1. The lowest BCUT2D eigenvalue weighted by molar-refractivity contribution is -0.136. The first-order valence-corrected chi connectivity index (χ1v) is 21.5. The average Bonchev–Trinajstić information content (AvgIpc) is 3.10. The number of rotatable bonds is 11. The molecular weight excluding hydrogens is 687 g/mol. The summed E-state index contributed by atoms with van der Waals surface area (Å²) in [5, 5.41) is 3.08.